The second-order valence-corrected chi connectivity index (χ2v) is 3.90. The predicted molar refractivity (Wildman–Crippen MR) is 66.7 cm³/mol. The Bertz CT molecular complexity index is 193. The molecule has 0 aliphatic heterocycles. The molecule has 0 radical (unpaired) electrons. The van der Waals surface area contributed by atoms with E-state index in [-0.39, 0.29) is 12.1 Å². The Morgan fingerprint density at radius 3 is 2.19 bits per heavy atom. The van der Waals surface area contributed by atoms with Crippen LogP contribution < -0.4 is 0 Å². The highest BCUT2D eigenvalue weighted by Crippen LogP contribution is 2.07. The molecule has 1 unspecified atom stereocenters. The van der Waals surface area contributed by atoms with Crippen LogP contribution in [0.3, 0.4) is 0 Å². The Morgan fingerprint density at radius 1 is 1.25 bits per heavy atom. The van der Waals surface area contributed by atoms with Gasteiger partial charge in [0.05, 0.1) is 6.61 Å². The molecule has 1 atom stereocenters. The first-order valence-corrected chi connectivity index (χ1v) is 6.16. The van der Waals surface area contributed by atoms with Gasteiger partial charge in [0.25, 0.3) is 0 Å². The maximum atomic E-state index is 12.2. The van der Waals surface area contributed by atoms with Crippen LogP contribution in [0.1, 0.15) is 34.1 Å². The first-order valence-electron chi connectivity index (χ1n) is 6.16. The van der Waals surface area contributed by atoms with E-state index in [1.807, 2.05) is 23.6 Å². The summed E-state index contributed by atoms with van der Waals surface area (Å²) in [5.41, 5.74) is 0. The average molecular weight is 230 g/mol. The second-order valence-electron chi connectivity index (χ2n) is 3.90. The molecule has 4 nitrogen and oxygen atoms in total. The fraction of sp³-hybridized carbons (Fsp3) is 0.917. The highest BCUT2D eigenvalue weighted by atomic mass is 16.5. The van der Waals surface area contributed by atoms with Crippen LogP contribution in [0.15, 0.2) is 0 Å². The highest BCUT2D eigenvalue weighted by Gasteiger charge is 2.22. The van der Waals surface area contributed by atoms with Crippen LogP contribution in [-0.4, -0.2) is 55.2 Å². The summed E-state index contributed by atoms with van der Waals surface area (Å²) in [5.74, 6) is 0. The number of hydrogen-bond donors (Lipinski definition) is 0. The van der Waals surface area contributed by atoms with Gasteiger partial charge in [0.2, 0.25) is 0 Å². The molecule has 96 valence electrons. The van der Waals surface area contributed by atoms with Crippen LogP contribution in [0.2, 0.25) is 0 Å². The largest absolute Gasteiger partial charge is 0.383 e. The standard InChI is InChI=1S/C12H26N2O2/c1-6-11(4)14(9-10-16-5)12(15)13(7-2)8-3/h11H,6-10H2,1-5H3. The SMILES string of the molecule is CCC(C)N(CCOC)C(=O)N(CC)CC. The summed E-state index contributed by atoms with van der Waals surface area (Å²) < 4.78 is 5.05. The zero-order chi connectivity index (χ0) is 12.6. The first kappa shape index (κ1) is 15.2. The fourth-order valence-corrected chi connectivity index (χ4v) is 1.59. The molecule has 0 rings (SSSR count). The van der Waals surface area contributed by atoms with E-state index in [1.54, 1.807) is 7.11 Å². The first-order chi connectivity index (χ1) is 7.62. The van der Waals surface area contributed by atoms with Gasteiger partial charge in [0.1, 0.15) is 0 Å². The van der Waals surface area contributed by atoms with Gasteiger partial charge in [-0.1, -0.05) is 6.92 Å². The van der Waals surface area contributed by atoms with Gasteiger partial charge in [-0.2, -0.15) is 0 Å². The maximum Gasteiger partial charge on any atom is 0.320 e. The molecule has 0 heterocycles. The van der Waals surface area contributed by atoms with E-state index in [0.29, 0.717) is 13.2 Å². The lowest BCUT2D eigenvalue weighted by Crippen LogP contribution is -2.48. The third kappa shape index (κ3) is 4.39. The molecule has 0 aromatic rings. The van der Waals surface area contributed by atoms with E-state index in [4.69, 9.17) is 4.74 Å². The lowest BCUT2D eigenvalue weighted by atomic mass is 10.2. The summed E-state index contributed by atoms with van der Waals surface area (Å²) in [7, 11) is 1.66. The number of carbonyl (C=O) groups is 1. The van der Waals surface area contributed by atoms with Gasteiger partial charge in [0, 0.05) is 32.8 Å². The molecule has 0 spiro atoms. The predicted octanol–water partition coefficient (Wildman–Crippen LogP) is 2.20. The number of hydrogen-bond acceptors (Lipinski definition) is 2. The summed E-state index contributed by atoms with van der Waals surface area (Å²) in [6, 6.07) is 0.389. The smallest absolute Gasteiger partial charge is 0.320 e. The summed E-state index contributed by atoms with van der Waals surface area (Å²) >= 11 is 0. The van der Waals surface area contributed by atoms with Gasteiger partial charge in [0.15, 0.2) is 0 Å². The topological polar surface area (TPSA) is 32.8 Å². The maximum absolute atomic E-state index is 12.2. The molecule has 0 saturated heterocycles. The van der Waals surface area contributed by atoms with Crippen molar-refractivity contribution in [3.63, 3.8) is 0 Å². The van der Waals surface area contributed by atoms with Crippen molar-refractivity contribution in [2.75, 3.05) is 33.4 Å². The monoisotopic (exact) mass is 230 g/mol. The van der Waals surface area contributed by atoms with Crippen molar-refractivity contribution in [2.45, 2.75) is 40.2 Å². The Morgan fingerprint density at radius 2 is 1.81 bits per heavy atom. The molecule has 16 heavy (non-hydrogen) atoms. The van der Waals surface area contributed by atoms with Crippen molar-refractivity contribution < 1.29 is 9.53 Å². The van der Waals surface area contributed by atoms with Crippen LogP contribution in [0.4, 0.5) is 4.79 Å². The summed E-state index contributed by atoms with van der Waals surface area (Å²) in [6.45, 7) is 11.0. The zero-order valence-electron chi connectivity index (χ0n) is 11.3. The minimum absolute atomic E-state index is 0.122. The molecule has 0 aromatic heterocycles. The van der Waals surface area contributed by atoms with E-state index in [9.17, 15) is 4.79 Å². The Hall–Kier alpha value is -0.770. The van der Waals surface area contributed by atoms with Gasteiger partial charge >= 0.3 is 6.03 Å². The van der Waals surface area contributed by atoms with E-state index < -0.39 is 0 Å². The van der Waals surface area contributed by atoms with Crippen molar-refractivity contribution in [1.82, 2.24) is 9.80 Å². The van der Waals surface area contributed by atoms with Crippen molar-refractivity contribution >= 4 is 6.03 Å². The van der Waals surface area contributed by atoms with Crippen LogP contribution in [0.5, 0.6) is 0 Å². The van der Waals surface area contributed by atoms with E-state index >= 15 is 0 Å². The van der Waals surface area contributed by atoms with Crippen molar-refractivity contribution in [2.24, 2.45) is 0 Å². The van der Waals surface area contributed by atoms with Gasteiger partial charge in [-0.3, -0.25) is 0 Å². The van der Waals surface area contributed by atoms with Crippen LogP contribution in [0.25, 0.3) is 0 Å². The summed E-state index contributed by atoms with van der Waals surface area (Å²) in [5, 5.41) is 0. The van der Waals surface area contributed by atoms with Crippen molar-refractivity contribution in [3.05, 3.63) is 0 Å². The molecular weight excluding hydrogens is 204 g/mol. The molecule has 4 heteroatoms. The number of carbonyl (C=O) groups excluding carboxylic acids is 1. The lowest BCUT2D eigenvalue weighted by Gasteiger charge is -2.33. The van der Waals surface area contributed by atoms with E-state index in [2.05, 4.69) is 13.8 Å². The minimum Gasteiger partial charge on any atom is -0.383 e. The van der Waals surface area contributed by atoms with E-state index in [0.717, 1.165) is 19.5 Å². The molecular formula is C12H26N2O2. The number of rotatable bonds is 7. The summed E-state index contributed by atoms with van der Waals surface area (Å²) in [6.07, 6.45) is 0.969. The molecule has 0 aliphatic carbocycles. The molecule has 0 fully saturated rings. The third-order valence-corrected chi connectivity index (χ3v) is 2.94. The second kappa shape index (κ2) is 8.39. The van der Waals surface area contributed by atoms with Crippen molar-refractivity contribution in [1.29, 1.82) is 0 Å². The normalized spacial score (nSPS) is 12.3. The fourth-order valence-electron chi connectivity index (χ4n) is 1.59. The Balaban J connectivity index is 4.53. The minimum atomic E-state index is 0.122. The van der Waals surface area contributed by atoms with Gasteiger partial charge in [-0.25, -0.2) is 4.79 Å². The Kier molecular flexibility index (Phi) is 7.99. The van der Waals surface area contributed by atoms with Gasteiger partial charge in [-0.05, 0) is 27.2 Å². The number of urea groups is 1. The van der Waals surface area contributed by atoms with Crippen molar-refractivity contribution in [3.8, 4) is 0 Å². The molecule has 0 aliphatic rings. The van der Waals surface area contributed by atoms with Gasteiger partial charge < -0.3 is 14.5 Å². The quantitative estimate of drug-likeness (QED) is 0.671. The number of ether oxygens (including phenoxy) is 1. The number of methoxy groups -OCH3 is 1. The molecule has 0 bridgehead atoms. The van der Waals surface area contributed by atoms with Gasteiger partial charge in [-0.15, -0.1) is 0 Å². The highest BCUT2D eigenvalue weighted by molar-refractivity contribution is 5.74. The van der Waals surface area contributed by atoms with Crippen LogP contribution >= 0.6 is 0 Å². The van der Waals surface area contributed by atoms with Crippen LogP contribution in [-0.2, 0) is 4.74 Å². The third-order valence-electron chi connectivity index (χ3n) is 2.94. The average Bonchev–Trinajstić information content (AvgIpc) is 2.30. The zero-order valence-corrected chi connectivity index (χ0v) is 11.3. The van der Waals surface area contributed by atoms with E-state index in [1.165, 1.54) is 0 Å². The number of nitrogens with zero attached hydrogens (tertiary/aromatic N) is 2. The number of amides is 2. The molecule has 0 N–H and O–H groups in total. The Labute approximate surface area is 99.5 Å². The molecule has 0 saturated carbocycles. The van der Waals surface area contributed by atoms with Crippen LogP contribution in [0, 0.1) is 0 Å². The lowest BCUT2D eigenvalue weighted by molar-refractivity contribution is 0.110. The molecule has 0 aromatic carbocycles. The molecule has 2 amide bonds. The summed E-state index contributed by atoms with van der Waals surface area (Å²) in [4.78, 5) is 16.0.